The second-order valence-electron chi connectivity index (χ2n) is 4.35. The molecule has 0 bridgehead atoms. The summed E-state index contributed by atoms with van der Waals surface area (Å²) in [7, 11) is 0. The Morgan fingerprint density at radius 3 is 2.67 bits per heavy atom. The van der Waals surface area contributed by atoms with Gasteiger partial charge in [0.1, 0.15) is 17.3 Å². The molecule has 0 atom stereocenters. The lowest BCUT2D eigenvalue weighted by atomic mass is 10.1. The van der Waals surface area contributed by atoms with Crippen molar-refractivity contribution in [2.75, 3.05) is 11.9 Å². The summed E-state index contributed by atoms with van der Waals surface area (Å²) in [6.45, 7) is 0.338. The van der Waals surface area contributed by atoms with Crippen molar-refractivity contribution in [3.63, 3.8) is 0 Å². The van der Waals surface area contributed by atoms with Gasteiger partial charge in [0.2, 0.25) is 0 Å². The minimum absolute atomic E-state index is 0.120. The maximum absolute atomic E-state index is 13.5. The third-order valence-corrected chi connectivity index (χ3v) is 3.68. The van der Waals surface area contributed by atoms with Crippen LogP contribution >= 0.6 is 22.6 Å². The fourth-order valence-electron chi connectivity index (χ4n) is 1.86. The van der Waals surface area contributed by atoms with Crippen LogP contribution in [0.3, 0.4) is 0 Å². The summed E-state index contributed by atoms with van der Waals surface area (Å²) in [6, 6.07) is 8.37. The number of benzene rings is 2. The lowest BCUT2D eigenvalue weighted by molar-refractivity contribution is -0.384. The van der Waals surface area contributed by atoms with Crippen LogP contribution in [0.1, 0.15) is 5.56 Å². The van der Waals surface area contributed by atoms with Crippen molar-refractivity contribution in [3.05, 3.63) is 67.3 Å². The number of nitrogens with one attached hydrogen (secondary N) is 1. The van der Waals surface area contributed by atoms with E-state index in [0.29, 0.717) is 13.0 Å². The molecule has 0 fully saturated rings. The Morgan fingerprint density at radius 2 is 2.00 bits per heavy atom. The highest BCUT2D eigenvalue weighted by Crippen LogP contribution is 2.28. The SMILES string of the molecule is O=[N+]([O-])c1cc(I)c(F)cc1NCCc1cccc(F)c1. The molecule has 0 amide bonds. The van der Waals surface area contributed by atoms with Gasteiger partial charge in [0.05, 0.1) is 8.49 Å². The number of rotatable bonds is 5. The summed E-state index contributed by atoms with van der Waals surface area (Å²) in [6.07, 6.45) is 0.475. The van der Waals surface area contributed by atoms with Gasteiger partial charge in [0, 0.05) is 18.7 Å². The molecule has 0 radical (unpaired) electrons. The molecule has 7 heteroatoms. The van der Waals surface area contributed by atoms with Gasteiger partial charge in [0.15, 0.2) is 0 Å². The molecular weight excluding hydrogens is 393 g/mol. The molecule has 0 aliphatic carbocycles. The van der Waals surface area contributed by atoms with E-state index in [2.05, 4.69) is 5.32 Å². The average Bonchev–Trinajstić information content (AvgIpc) is 2.42. The molecule has 2 rings (SSSR count). The number of anilines is 1. The molecular formula is C14H11F2IN2O2. The molecule has 0 aromatic heterocycles. The second kappa shape index (κ2) is 6.79. The van der Waals surface area contributed by atoms with Crippen LogP contribution in [0, 0.1) is 25.3 Å². The predicted octanol–water partition coefficient (Wildman–Crippen LogP) is 4.13. The number of hydrogen-bond acceptors (Lipinski definition) is 3. The largest absolute Gasteiger partial charge is 0.379 e. The lowest BCUT2D eigenvalue weighted by Crippen LogP contribution is -2.08. The number of nitrogens with zero attached hydrogens (tertiary/aromatic N) is 1. The molecule has 0 aliphatic heterocycles. The molecule has 0 saturated heterocycles. The van der Waals surface area contributed by atoms with E-state index in [0.717, 1.165) is 11.6 Å². The molecule has 1 N–H and O–H groups in total. The van der Waals surface area contributed by atoms with Crippen LogP contribution in [0.25, 0.3) is 0 Å². The summed E-state index contributed by atoms with van der Waals surface area (Å²) < 4.78 is 26.7. The molecule has 0 aliphatic rings. The highest BCUT2D eigenvalue weighted by molar-refractivity contribution is 14.1. The molecule has 110 valence electrons. The Morgan fingerprint density at radius 1 is 1.24 bits per heavy atom. The Kier molecular flexibility index (Phi) is 5.05. The fourth-order valence-corrected chi connectivity index (χ4v) is 2.31. The third-order valence-electron chi connectivity index (χ3n) is 2.85. The van der Waals surface area contributed by atoms with E-state index in [1.165, 1.54) is 18.2 Å². The van der Waals surface area contributed by atoms with Crippen LogP contribution in [0.5, 0.6) is 0 Å². The molecule has 4 nitrogen and oxygen atoms in total. The van der Waals surface area contributed by atoms with E-state index in [1.54, 1.807) is 34.7 Å². The highest BCUT2D eigenvalue weighted by Gasteiger charge is 2.17. The van der Waals surface area contributed by atoms with E-state index < -0.39 is 10.7 Å². The van der Waals surface area contributed by atoms with Crippen molar-refractivity contribution in [1.29, 1.82) is 0 Å². The average molecular weight is 404 g/mol. The van der Waals surface area contributed by atoms with Crippen molar-refractivity contribution >= 4 is 34.0 Å². The van der Waals surface area contributed by atoms with Gasteiger partial charge in [-0.2, -0.15) is 0 Å². The number of hydrogen-bond donors (Lipinski definition) is 1. The normalized spacial score (nSPS) is 10.4. The third kappa shape index (κ3) is 4.10. The van der Waals surface area contributed by atoms with E-state index in [4.69, 9.17) is 0 Å². The molecule has 0 spiro atoms. The Balaban J connectivity index is 2.09. The molecule has 0 unspecified atom stereocenters. The number of nitro benzene ring substituents is 1. The van der Waals surface area contributed by atoms with Crippen molar-refractivity contribution < 1.29 is 13.7 Å². The lowest BCUT2D eigenvalue weighted by Gasteiger charge is -2.08. The van der Waals surface area contributed by atoms with Gasteiger partial charge < -0.3 is 5.32 Å². The van der Waals surface area contributed by atoms with Crippen molar-refractivity contribution in [2.45, 2.75) is 6.42 Å². The summed E-state index contributed by atoms with van der Waals surface area (Å²) >= 11 is 1.70. The van der Waals surface area contributed by atoms with Crippen LogP contribution in [0.4, 0.5) is 20.2 Å². The van der Waals surface area contributed by atoms with Crippen molar-refractivity contribution in [3.8, 4) is 0 Å². The first-order chi connectivity index (χ1) is 9.97. The number of halogens is 3. The first-order valence-electron chi connectivity index (χ1n) is 6.09. The molecule has 0 saturated carbocycles. The summed E-state index contributed by atoms with van der Waals surface area (Å²) in [4.78, 5) is 10.4. The minimum Gasteiger partial charge on any atom is -0.379 e. The van der Waals surface area contributed by atoms with Gasteiger partial charge in [-0.1, -0.05) is 12.1 Å². The van der Waals surface area contributed by atoms with E-state index in [-0.39, 0.29) is 20.8 Å². The fraction of sp³-hybridized carbons (Fsp3) is 0.143. The van der Waals surface area contributed by atoms with E-state index >= 15 is 0 Å². The van der Waals surface area contributed by atoms with Gasteiger partial charge in [0.25, 0.3) is 5.69 Å². The van der Waals surface area contributed by atoms with Crippen LogP contribution in [-0.4, -0.2) is 11.5 Å². The topological polar surface area (TPSA) is 55.2 Å². The zero-order chi connectivity index (χ0) is 15.4. The molecule has 0 heterocycles. The Hall–Kier alpha value is -1.77. The first-order valence-corrected chi connectivity index (χ1v) is 7.17. The summed E-state index contributed by atoms with van der Waals surface area (Å²) in [5, 5.41) is 13.8. The van der Waals surface area contributed by atoms with Gasteiger partial charge >= 0.3 is 0 Å². The molecule has 21 heavy (non-hydrogen) atoms. The Labute approximate surface area is 133 Å². The van der Waals surface area contributed by atoms with Crippen molar-refractivity contribution in [2.24, 2.45) is 0 Å². The van der Waals surface area contributed by atoms with Crippen LogP contribution in [0.2, 0.25) is 0 Å². The predicted molar refractivity (Wildman–Crippen MR) is 84.4 cm³/mol. The second-order valence-corrected chi connectivity index (χ2v) is 5.51. The van der Waals surface area contributed by atoms with Gasteiger partial charge in [-0.15, -0.1) is 0 Å². The maximum atomic E-state index is 13.5. The number of nitro groups is 1. The Bertz CT molecular complexity index is 680. The standard InChI is InChI=1S/C14H11F2IN2O2/c15-10-3-1-2-9(6-10)4-5-18-13-7-11(16)12(17)8-14(13)19(20)21/h1-3,6-8,18H,4-5H2. The first kappa shape index (κ1) is 15.6. The highest BCUT2D eigenvalue weighted by atomic mass is 127. The van der Waals surface area contributed by atoms with Gasteiger partial charge in [-0.05, 0) is 46.7 Å². The van der Waals surface area contributed by atoms with E-state index in [1.807, 2.05) is 0 Å². The smallest absolute Gasteiger partial charge is 0.293 e. The zero-order valence-corrected chi connectivity index (χ0v) is 12.9. The minimum atomic E-state index is -0.563. The van der Waals surface area contributed by atoms with Crippen LogP contribution < -0.4 is 5.32 Å². The summed E-state index contributed by atoms with van der Waals surface area (Å²) in [5.41, 5.74) is 0.700. The molecule has 2 aromatic carbocycles. The zero-order valence-electron chi connectivity index (χ0n) is 10.8. The van der Waals surface area contributed by atoms with Gasteiger partial charge in [-0.3, -0.25) is 10.1 Å². The van der Waals surface area contributed by atoms with Crippen LogP contribution in [-0.2, 0) is 6.42 Å². The monoisotopic (exact) mass is 404 g/mol. The quantitative estimate of drug-likeness (QED) is 0.463. The molecule has 2 aromatic rings. The van der Waals surface area contributed by atoms with Gasteiger partial charge in [-0.25, -0.2) is 8.78 Å². The van der Waals surface area contributed by atoms with Crippen LogP contribution in [0.15, 0.2) is 36.4 Å². The summed E-state index contributed by atoms with van der Waals surface area (Å²) in [5.74, 6) is -0.853. The maximum Gasteiger partial charge on any atom is 0.293 e. The van der Waals surface area contributed by atoms with Crippen molar-refractivity contribution in [1.82, 2.24) is 0 Å². The van der Waals surface area contributed by atoms with E-state index in [9.17, 15) is 18.9 Å².